The minimum absolute atomic E-state index is 0.0687. The summed E-state index contributed by atoms with van der Waals surface area (Å²) in [5.74, 6) is -8.30. The molecule has 7 aliphatic rings. The van der Waals surface area contributed by atoms with E-state index in [2.05, 4.69) is 0 Å². The number of aromatic hydroxyl groups is 1. The number of hydrogen-bond donors (Lipinski definition) is 5. The van der Waals surface area contributed by atoms with Gasteiger partial charge in [-0.05, 0) is 80.2 Å². The number of ether oxygens (including phenoxy) is 1. The Morgan fingerprint density at radius 1 is 1.00 bits per heavy atom. The van der Waals surface area contributed by atoms with Crippen LogP contribution in [0.15, 0.2) is 29.5 Å². The second-order valence-electron chi connectivity index (χ2n) is 13.6. The number of rotatable bonds is 3. The molecule has 4 bridgehead atoms. The van der Waals surface area contributed by atoms with Gasteiger partial charge in [-0.2, -0.15) is 0 Å². The third-order valence-electron chi connectivity index (χ3n) is 11.4. The van der Waals surface area contributed by atoms with Crippen LogP contribution >= 0.6 is 0 Å². The van der Waals surface area contributed by atoms with E-state index in [4.69, 9.17) is 10.5 Å². The first-order chi connectivity index (χ1) is 19.4. The van der Waals surface area contributed by atoms with Gasteiger partial charge in [0.25, 0.3) is 0 Å². The molecule has 1 aromatic carbocycles. The van der Waals surface area contributed by atoms with E-state index in [-0.39, 0.29) is 23.3 Å². The number of amides is 1. The Labute approximate surface area is 236 Å². The number of phenols is 1. The van der Waals surface area contributed by atoms with E-state index in [9.17, 15) is 39.6 Å². The van der Waals surface area contributed by atoms with Gasteiger partial charge in [0, 0.05) is 17.4 Å². The van der Waals surface area contributed by atoms with Crippen LogP contribution in [0.2, 0.25) is 0 Å². The predicted octanol–water partition coefficient (Wildman–Crippen LogP) is 2.04. The highest BCUT2D eigenvalue weighted by molar-refractivity contribution is 6.15. The number of ketones is 2. The fourth-order valence-corrected chi connectivity index (χ4v) is 9.99. The van der Waals surface area contributed by atoms with Gasteiger partial charge in [0.2, 0.25) is 5.91 Å². The molecule has 0 heterocycles. The maximum absolute atomic E-state index is 14.2. The number of hydrogen-bond acceptors (Lipinski definition) is 9. The molecular formula is C31H35NO9. The van der Waals surface area contributed by atoms with E-state index in [1.54, 1.807) is 19.1 Å². The highest BCUT2D eigenvalue weighted by atomic mass is 16.5. The molecular weight excluding hydrogens is 530 g/mol. The molecule has 0 aromatic heterocycles. The molecule has 1 aromatic rings. The van der Waals surface area contributed by atoms with Crippen molar-refractivity contribution in [1.29, 1.82) is 0 Å². The minimum Gasteiger partial charge on any atom is -0.508 e. The molecule has 0 aliphatic heterocycles. The summed E-state index contributed by atoms with van der Waals surface area (Å²) in [6.07, 6.45) is 2.20. The van der Waals surface area contributed by atoms with Gasteiger partial charge in [0.05, 0.1) is 17.1 Å². The van der Waals surface area contributed by atoms with Gasteiger partial charge < -0.3 is 30.9 Å². The van der Waals surface area contributed by atoms with Crippen molar-refractivity contribution < 1.29 is 44.3 Å². The van der Waals surface area contributed by atoms with Crippen LogP contribution in [0.1, 0.15) is 73.7 Å². The van der Waals surface area contributed by atoms with Crippen molar-refractivity contribution in [1.82, 2.24) is 0 Å². The number of phenolic OH excluding ortho intramolecular Hbond substituents is 1. The Morgan fingerprint density at radius 2 is 1.61 bits per heavy atom. The number of carbonyl (C=O) groups is 4. The van der Waals surface area contributed by atoms with E-state index in [1.807, 2.05) is 0 Å². The van der Waals surface area contributed by atoms with Crippen LogP contribution in [0.4, 0.5) is 0 Å². The monoisotopic (exact) mass is 565 g/mol. The quantitative estimate of drug-likeness (QED) is 0.270. The molecule has 2 unspecified atom stereocenters. The molecule has 0 spiro atoms. The van der Waals surface area contributed by atoms with Gasteiger partial charge in [-0.15, -0.1) is 0 Å². The number of fused-ring (bicyclic) bond motifs is 3. The summed E-state index contributed by atoms with van der Waals surface area (Å²) in [5.41, 5.74) is 2.00. The summed E-state index contributed by atoms with van der Waals surface area (Å²) in [5, 5.41) is 45.0. The van der Waals surface area contributed by atoms with Crippen molar-refractivity contribution in [2.75, 3.05) is 0 Å². The number of benzene rings is 1. The first kappa shape index (κ1) is 26.6. The number of esters is 1. The Bertz CT molecular complexity index is 1390. The van der Waals surface area contributed by atoms with Crippen LogP contribution in [0.3, 0.4) is 0 Å². The maximum Gasteiger partial charge on any atom is 0.312 e. The molecule has 7 aliphatic carbocycles. The lowest BCUT2D eigenvalue weighted by molar-refractivity contribution is -0.202. The summed E-state index contributed by atoms with van der Waals surface area (Å²) in [4.78, 5) is 53.9. The average molecular weight is 566 g/mol. The molecule has 0 radical (unpaired) electrons. The van der Waals surface area contributed by atoms with Crippen LogP contribution in [-0.2, 0) is 19.1 Å². The topological polar surface area (TPSA) is 184 Å². The third-order valence-corrected chi connectivity index (χ3v) is 11.4. The summed E-state index contributed by atoms with van der Waals surface area (Å²) in [6.45, 7) is 1.77. The second kappa shape index (κ2) is 8.64. The zero-order valence-electron chi connectivity index (χ0n) is 22.8. The second-order valence-corrected chi connectivity index (χ2v) is 13.6. The van der Waals surface area contributed by atoms with Crippen molar-refractivity contribution in [2.45, 2.75) is 75.6 Å². The van der Waals surface area contributed by atoms with Gasteiger partial charge in [-0.1, -0.05) is 19.1 Å². The number of aliphatic hydroxyl groups excluding tert-OH is 2. The highest BCUT2D eigenvalue weighted by Crippen LogP contribution is 2.62. The standard InChI is InChI=1S/C31H35NO9/c1-12-16-3-2-4-18(33)21(16)24(35)23-20(12)25(17-8-19(34)22(28(32)38)26(36)31(17,40)27(23)37)41-29(39)30-9-13-5-14(10-30)7-15(6-13)11-30/h2-4,12-15,17,19-20,22,25,33-34,37,40H,5-11H2,1H3,(H2,32,38)/t12-,13?,14?,15?,17+,19?,20+,22?,25+,30?,31+/m0/s1. The van der Waals surface area contributed by atoms with E-state index < -0.39 is 76.1 Å². The van der Waals surface area contributed by atoms with E-state index >= 15 is 0 Å². The molecule has 218 valence electrons. The van der Waals surface area contributed by atoms with Crippen molar-refractivity contribution in [2.24, 2.45) is 46.7 Å². The first-order valence-corrected chi connectivity index (χ1v) is 14.6. The lowest BCUT2D eigenvalue weighted by Gasteiger charge is -2.57. The number of nitrogens with two attached hydrogens (primary N) is 1. The van der Waals surface area contributed by atoms with E-state index in [0.29, 0.717) is 42.6 Å². The molecule has 5 fully saturated rings. The number of carbonyl (C=O) groups excluding carboxylic acids is 4. The normalized spacial score (nSPS) is 44.2. The molecule has 0 saturated heterocycles. The number of aliphatic hydroxyl groups is 3. The lowest BCUT2D eigenvalue weighted by atomic mass is 9.49. The molecule has 5 saturated carbocycles. The van der Waals surface area contributed by atoms with Crippen molar-refractivity contribution in [3.8, 4) is 5.75 Å². The fraction of sp³-hybridized carbons (Fsp3) is 0.613. The molecule has 10 heteroatoms. The first-order valence-electron chi connectivity index (χ1n) is 14.6. The largest absolute Gasteiger partial charge is 0.508 e. The summed E-state index contributed by atoms with van der Waals surface area (Å²) < 4.78 is 6.35. The Balaban J connectivity index is 1.37. The van der Waals surface area contributed by atoms with Crippen LogP contribution in [0.5, 0.6) is 5.75 Å². The lowest BCUT2D eigenvalue weighted by Crippen LogP contribution is -2.68. The predicted molar refractivity (Wildman–Crippen MR) is 141 cm³/mol. The average Bonchev–Trinajstić information content (AvgIpc) is 2.89. The van der Waals surface area contributed by atoms with Crippen LogP contribution in [0, 0.1) is 40.9 Å². The van der Waals surface area contributed by atoms with Gasteiger partial charge >= 0.3 is 5.97 Å². The van der Waals surface area contributed by atoms with Crippen LogP contribution in [0.25, 0.3) is 0 Å². The zero-order valence-corrected chi connectivity index (χ0v) is 22.8. The summed E-state index contributed by atoms with van der Waals surface area (Å²) in [6, 6.07) is 4.60. The van der Waals surface area contributed by atoms with Crippen molar-refractivity contribution >= 4 is 23.4 Å². The van der Waals surface area contributed by atoms with Crippen molar-refractivity contribution in [3.63, 3.8) is 0 Å². The fourth-order valence-electron chi connectivity index (χ4n) is 9.99. The van der Waals surface area contributed by atoms with E-state index in [1.165, 1.54) is 6.07 Å². The summed E-state index contributed by atoms with van der Waals surface area (Å²) in [7, 11) is 0. The SMILES string of the molecule is C[C@H]1c2cccc(O)c2C(=O)C2=C(O)[C@]3(O)C(=O)C(C(N)=O)C(O)C[C@@H]3[C@@H](OC(=O)C34CC5CC(CC(C5)C3)C4)[C@@H]21. The smallest absolute Gasteiger partial charge is 0.312 e. The summed E-state index contributed by atoms with van der Waals surface area (Å²) >= 11 is 0. The van der Waals surface area contributed by atoms with Gasteiger partial charge in [-0.25, -0.2) is 0 Å². The van der Waals surface area contributed by atoms with Crippen LogP contribution in [-0.4, -0.2) is 61.7 Å². The van der Waals surface area contributed by atoms with E-state index in [0.717, 1.165) is 19.3 Å². The van der Waals surface area contributed by atoms with Crippen molar-refractivity contribution in [3.05, 3.63) is 40.7 Å². The Hall–Kier alpha value is -3.24. The molecule has 7 atom stereocenters. The highest BCUT2D eigenvalue weighted by Gasteiger charge is 2.68. The third kappa shape index (κ3) is 3.43. The molecule has 1 amide bonds. The number of Topliss-reactive ketones (excluding diaryl/α,β-unsaturated/α-hetero) is 2. The Morgan fingerprint density at radius 3 is 2.20 bits per heavy atom. The molecule has 41 heavy (non-hydrogen) atoms. The molecule has 10 nitrogen and oxygen atoms in total. The minimum atomic E-state index is -2.80. The van der Waals surface area contributed by atoms with Crippen LogP contribution < -0.4 is 5.73 Å². The van der Waals surface area contributed by atoms with Gasteiger partial charge in [0.15, 0.2) is 17.2 Å². The molecule has 6 N–H and O–H groups in total. The molecule has 8 rings (SSSR count). The van der Waals surface area contributed by atoms with Gasteiger partial charge in [0.1, 0.15) is 23.5 Å². The Kier molecular flexibility index (Phi) is 5.62. The zero-order chi connectivity index (χ0) is 29.2. The number of primary amides is 1. The maximum atomic E-state index is 14.2. The van der Waals surface area contributed by atoms with Gasteiger partial charge in [-0.3, -0.25) is 19.2 Å².